The second kappa shape index (κ2) is 9.38. The summed E-state index contributed by atoms with van der Waals surface area (Å²) in [5.41, 5.74) is 1.29. The Bertz CT molecular complexity index is 869. The summed E-state index contributed by atoms with van der Waals surface area (Å²) in [7, 11) is -0.391. The summed E-state index contributed by atoms with van der Waals surface area (Å²) in [4.78, 5) is 12.1. The lowest BCUT2D eigenvalue weighted by molar-refractivity contribution is 0.0951. The molecule has 2 aromatic rings. The van der Waals surface area contributed by atoms with E-state index in [1.807, 2.05) is 6.07 Å². The highest BCUT2D eigenvalue weighted by Crippen LogP contribution is 2.28. The average Bonchev–Trinajstić information content (AvgIpc) is 2.66. The molecule has 0 spiro atoms. The summed E-state index contributed by atoms with van der Waals surface area (Å²) >= 11 is 0. The molecule has 0 aliphatic carbocycles. The van der Waals surface area contributed by atoms with Gasteiger partial charge in [0.15, 0.2) is 11.5 Å². The molecule has 1 N–H and O–H groups in total. The van der Waals surface area contributed by atoms with Crippen molar-refractivity contribution in [2.75, 3.05) is 33.6 Å². The van der Waals surface area contributed by atoms with Gasteiger partial charge in [-0.25, -0.2) is 8.42 Å². The lowest BCUT2D eigenvalue weighted by Gasteiger charge is -2.21. The minimum atomic E-state index is -3.45. The van der Waals surface area contributed by atoms with Crippen molar-refractivity contribution in [3.05, 3.63) is 59.7 Å². The molecular weight excluding hydrogens is 368 g/mol. The molecule has 0 heterocycles. The monoisotopic (exact) mass is 392 g/mol. The van der Waals surface area contributed by atoms with Gasteiger partial charge in [-0.1, -0.05) is 24.3 Å². The molecule has 1 amide bonds. The number of hydrogen-bond donors (Lipinski definition) is 1. The molecule has 0 aliphatic heterocycles. The average molecular weight is 392 g/mol. The van der Waals surface area contributed by atoms with Crippen LogP contribution in [-0.2, 0) is 16.6 Å². The maximum absolute atomic E-state index is 12.1. The number of rotatable bonds is 9. The van der Waals surface area contributed by atoms with E-state index in [0.717, 1.165) is 11.8 Å². The van der Waals surface area contributed by atoms with Gasteiger partial charge < -0.3 is 14.8 Å². The standard InChI is InChI=1S/C19H24N2O5S/c1-25-17-10-9-15(13-18(17)26-2)14-21(27(3,23)24)12-11-20-19(22)16-7-5-4-6-8-16/h4-10,13H,11-12,14H2,1-3H3,(H,20,22). The summed E-state index contributed by atoms with van der Waals surface area (Å²) in [5.74, 6) is 0.860. The van der Waals surface area contributed by atoms with Crippen LogP contribution in [0, 0.1) is 0 Å². The first-order chi connectivity index (χ1) is 12.8. The molecule has 0 aliphatic rings. The molecule has 0 saturated heterocycles. The normalized spacial score (nSPS) is 11.3. The van der Waals surface area contributed by atoms with E-state index in [0.29, 0.717) is 17.1 Å². The van der Waals surface area contributed by atoms with E-state index in [2.05, 4.69) is 5.32 Å². The highest BCUT2D eigenvalue weighted by molar-refractivity contribution is 7.88. The second-order valence-electron chi connectivity index (χ2n) is 5.91. The fraction of sp³-hybridized carbons (Fsp3) is 0.316. The summed E-state index contributed by atoms with van der Waals surface area (Å²) in [6.45, 7) is 0.528. The number of hydrogen-bond acceptors (Lipinski definition) is 5. The van der Waals surface area contributed by atoms with Crippen molar-refractivity contribution in [2.24, 2.45) is 0 Å². The van der Waals surface area contributed by atoms with Gasteiger partial charge in [0, 0.05) is 25.2 Å². The Hall–Kier alpha value is -2.58. The first-order valence-corrected chi connectivity index (χ1v) is 10.2. The van der Waals surface area contributed by atoms with Crippen molar-refractivity contribution in [3.63, 3.8) is 0 Å². The van der Waals surface area contributed by atoms with Gasteiger partial charge in [-0.3, -0.25) is 4.79 Å². The predicted octanol–water partition coefficient (Wildman–Crippen LogP) is 1.90. The molecule has 8 heteroatoms. The van der Waals surface area contributed by atoms with Crippen LogP contribution < -0.4 is 14.8 Å². The van der Waals surface area contributed by atoms with E-state index in [4.69, 9.17) is 9.47 Å². The number of sulfonamides is 1. The van der Waals surface area contributed by atoms with Crippen LogP contribution in [0.3, 0.4) is 0 Å². The molecule has 2 rings (SSSR count). The van der Waals surface area contributed by atoms with E-state index in [-0.39, 0.29) is 25.5 Å². The van der Waals surface area contributed by atoms with Crippen LogP contribution >= 0.6 is 0 Å². The fourth-order valence-electron chi connectivity index (χ4n) is 2.53. The van der Waals surface area contributed by atoms with E-state index in [1.165, 1.54) is 18.5 Å². The van der Waals surface area contributed by atoms with Crippen LogP contribution in [0.1, 0.15) is 15.9 Å². The van der Waals surface area contributed by atoms with Crippen LogP contribution in [0.2, 0.25) is 0 Å². The van der Waals surface area contributed by atoms with Crippen molar-refractivity contribution in [1.29, 1.82) is 0 Å². The number of amides is 1. The summed E-state index contributed by atoms with van der Waals surface area (Å²) < 4.78 is 36.0. The minimum absolute atomic E-state index is 0.158. The molecule has 0 saturated carbocycles. The van der Waals surface area contributed by atoms with Gasteiger partial charge >= 0.3 is 0 Å². The number of carbonyl (C=O) groups excluding carboxylic acids is 1. The van der Waals surface area contributed by atoms with Crippen LogP contribution in [0.25, 0.3) is 0 Å². The molecular formula is C19H24N2O5S. The summed E-state index contributed by atoms with van der Waals surface area (Å²) in [6.07, 6.45) is 1.15. The Morgan fingerprint density at radius 2 is 1.70 bits per heavy atom. The third kappa shape index (κ3) is 5.97. The van der Waals surface area contributed by atoms with E-state index < -0.39 is 10.0 Å². The molecule has 0 radical (unpaired) electrons. The van der Waals surface area contributed by atoms with Crippen molar-refractivity contribution < 1.29 is 22.7 Å². The van der Waals surface area contributed by atoms with Gasteiger partial charge in [-0.15, -0.1) is 0 Å². The largest absolute Gasteiger partial charge is 0.493 e. The molecule has 7 nitrogen and oxygen atoms in total. The SMILES string of the molecule is COc1ccc(CN(CCNC(=O)c2ccccc2)S(C)(=O)=O)cc1OC. The lowest BCUT2D eigenvalue weighted by atomic mass is 10.2. The number of methoxy groups -OCH3 is 2. The third-order valence-electron chi connectivity index (χ3n) is 3.96. The van der Waals surface area contributed by atoms with Gasteiger partial charge in [0.2, 0.25) is 10.0 Å². The Balaban J connectivity index is 2.03. The Labute approximate surface area is 160 Å². The van der Waals surface area contributed by atoms with Gasteiger partial charge in [0.25, 0.3) is 5.91 Å². The molecule has 0 unspecified atom stereocenters. The number of carbonyl (C=O) groups is 1. The lowest BCUT2D eigenvalue weighted by Crippen LogP contribution is -2.37. The first kappa shape index (κ1) is 20.7. The number of benzene rings is 2. The molecule has 0 atom stereocenters. The zero-order chi connectivity index (χ0) is 19.9. The second-order valence-corrected chi connectivity index (χ2v) is 7.89. The molecule has 0 fully saturated rings. The zero-order valence-corrected chi connectivity index (χ0v) is 16.5. The van der Waals surface area contributed by atoms with Gasteiger partial charge in [0.05, 0.1) is 20.5 Å². The van der Waals surface area contributed by atoms with Gasteiger partial charge in [-0.2, -0.15) is 4.31 Å². The number of nitrogens with one attached hydrogen (secondary N) is 1. The maximum Gasteiger partial charge on any atom is 0.251 e. The zero-order valence-electron chi connectivity index (χ0n) is 15.6. The summed E-state index contributed by atoms with van der Waals surface area (Å²) in [5, 5.41) is 2.74. The van der Waals surface area contributed by atoms with Crippen LogP contribution in [0.5, 0.6) is 11.5 Å². The molecule has 146 valence electrons. The van der Waals surface area contributed by atoms with Crippen LogP contribution in [0.4, 0.5) is 0 Å². The van der Waals surface area contributed by atoms with E-state index in [9.17, 15) is 13.2 Å². The van der Waals surface area contributed by atoms with Gasteiger partial charge in [-0.05, 0) is 29.8 Å². The Morgan fingerprint density at radius 1 is 1.04 bits per heavy atom. The van der Waals surface area contributed by atoms with Crippen molar-refractivity contribution >= 4 is 15.9 Å². The van der Waals surface area contributed by atoms with Crippen molar-refractivity contribution in [1.82, 2.24) is 9.62 Å². The topological polar surface area (TPSA) is 84.9 Å². The first-order valence-electron chi connectivity index (χ1n) is 8.34. The molecule has 27 heavy (non-hydrogen) atoms. The molecule has 0 aromatic heterocycles. The molecule has 0 bridgehead atoms. The highest BCUT2D eigenvalue weighted by Gasteiger charge is 2.18. The Kier molecular flexibility index (Phi) is 7.20. The Morgan fingerprint density at radius 3 is 2.30 bits per heavy atom. The summed E-state index contributed by atoms with van der Waals surface area (Å²) in [6, 6.07) is 14.0. The highest BCUT2D eigenvalue weighted by atomic mass is 32.2. The van der Waals surface area contributed by atoms with Crippen LogP contribution in [0.15, 0.2) is 48.5 Å². The third-order valence-corrected chi connectivity index (χ3v) is 5.21. The maximum atomic E-state index is 12.1. The van der Waals surface area contributed by atoms with Crippen molar-refractivity contribution in [3.8, 4) is 11.5 Å². The van der Waals surface area contributed by atoms with Crippen LogP contribution in [-0.4, -0.2) is 52.2 Å². The van der Waals surface area contributed by atoms with Gasteiger partial charge in [0.1, 0.15) is 0 Å². The van der Waals surface area contributed by atoms with E-state index in [1.54, 1.807) is 42.5 Å². The van der Waals surface area contributed by atoms with E-state index >= 15 is 0 Å². The fourth-order valence-corrected chi connectivity index (χ4v) is 3.34. The van der Waals surface area contributed by atoms with Crippen molar-refractivity contribution in [2.45, 2.75) is 6.54 Å². The quantitative estimate of drug-likeness (QED) is 0.705. The minimum Gasteiger partial charge on any atom is -0.493 e. The predicted molar refractivity (Wildman–Crippen MR) is 104 cm³/mol. The number of ether oxygens (including phenoxy) is 2. The number of nitrogens with zero attached hydrogens (tertiary/aromatic N) is 1. The molecule has 2 aromatic carbocycles. The smallest absolute Gasteiger partial charge is 0.251 e.